The van der Waals surface area contributed by atoms with Crippen molar-refractivity contribution in [1.29, 1.82) is 5.26 Å². The maximum absolute atomic E-state index is 9.09. The maximum Gasteiger partial charge on any atom is 0.127 e. The second-order valence-corrected chi connectivity index (χ2v) is 6.81. The summed E-state index contributed by atoms with van der Waals surface area (Å²) in [7, 11) is 0. The molecule has 4 heteroatoms. The number of hydrogen-bond donors (Lipinski definition) is 0. The first-order chi connectivity index (χ1) is 9.52. The Morgan fingerprint density at radius 1 is 1.50 bits per heavy atom. The molecule has 0 radical (unpaired) electrons. The molecule has 1 fully saturated rings. The van der Waals surface area contributed by atoms with Crippen LogP contribution in [0.3, 0.4) is 0 Å². The average molecular weight is 288 g/mol. The summed E-state index contributed by atoms with van der Waals surface area (Å²) in [6.07, 6.45) is 3.81. The number of nitrogens with zero attached hydrogens (tertiary/aromatic N) is 3. The predicted molar refractivity (Wildman–Crippen MR) is 80.7 cm³/mol. The first-order valence-corrected chi connectivity index (χ1v) is 7.50. The fraction of sp³-hybridized carbons (Fsp3) is 0.500. The molecule has 0 bridgehead atoms. The van der Waals surface area contributed by atoms with Gasteiger partial charge in [0.25, 0.3) is 0 Å². The SMILES string of the molecule is CC(Cl)c1nc2ccc(C#N)cc2n1CC1(C)CCC1. The van der Waals surface area contributed by atoms with E-state index in [2.05, 4.69) is 22.5 Å². The molecule has 20 heavy (non-hydrogen) atoms. The summed E-state index contributed by atoms with van der Waals surface area (Å²) >= 11 is 6.30. The number of rotatable bonds is 3. The highest BCUT2D eigenvalue weighted by Crippen LogP contribution is 2.43. The van der Waals surface area contributed by atoms with Crippen molar-refractivity contribution < 1.29 is 0 Å². The van der Waals surface area contributed by atoms with Crippen LogP contribution >= 0.6 is 11.6 Å². The second-order valence-electron chi connectivity index (χ2n) is 6.15. The Kier molecular flexibility index (Phi) is 3.22. The van der Waals surface area contributed by atoms with Gasteiger partial charge in [0.05, 0.1) is 28.0 Å². The maximum atomic E-state index is 9.09. The molecule has 2 aromatic rings. The molecule has 1 aliphatic rings. The van der Waals surface area contributed by atoms with Crippen LogP contribution in [0.25, 0.3) is 11.0 Å². The molecule has 1 saturated carbocycles. The molecule has 0 saturated heterocycles. The van der Waals surface area contributed by atoms with E-state index in [1.807, 2.05) is 25.1 Å². The number of aromatic nitrogens is 2. The number of hydrogen-bond acceptors (Lipinski definition) is 2. The number of alkyl halides is 1. The minimum atomic E-state index is -0.128. The Bertz CT molecular complexity index is 690. The van der Waals surface area contributed by atoms with Crippen LogP contribution in [0.15, 0.2) is 18.2 Å². The van der Waals surface area contributed by atoms with E-state index in [0.717, 1.165) is 23.4 Å². The lowest BCUT2D eigenvalue weighted by atomic mass is 9.70. The number of benzene rings is 1. The van der Waals surface area contributed by atoms with E-state index in [1.165, 1.54) is 19.3 Å². The molecule has 3 nitrogen and oxygen atoms in total. The van der Waals surface area contributed by atoms with Gasteiger partial charge in [0.15, 0.2) is 0 Å². The monoisotopic (exact) mass is 287 g/mol. The molecule has 0 spiro atoms. The third-order valence-corrected chi connectivity index (χ3v) is 4.56. The van der Waals surface area contributed by atoms with Crippen molar-refractivity contribution in [2.45, 2.75) is 45.0 Å². The third-order valence-electron chi connectivity index (χ3n) is 4.36. The minimum absolute atomic E-state index is 0.128. The van der Waals surface area contributed by atoms with Crippen molar-refractivity contribution in [2.24, 2.45) is 5.41 Å². The highest BCUT2D eigenvalue weighted by atomic mass is 35.5. The quantitative estimate of drug-likeness (QED) is 0.785. The van der Waals surface area contributed by atoms with E-state index in [9.17, 15) is 0 Å². The van der Waals surface area contributed by atoms with Gasteiger partial charge in [0, 0.05) is 6.54 Å². The lowest BCUT2D eigenvalue weighted by Gasteiger charge is -2.39. The number of nitriles is 1. The first kappa shape index (κ1) is 13.5. The molecule has 1 aromatic heterocycles. The molecule has 1 atom stereocenters. The summed E-state index contributed by atoms with van der Waals surface area (Å²) in [5, 5.41) is 8.96. The van der Waals surface area contributed by atoms with E-state index < -0.39 is 0 Å². The molecule has 1 unspecified atom stereocenters. The highest BCUT2D eigenvalue weighted by Gasteiger charge is 2.33. The van der Waals surface area contributed by atoms with Gasteiger partial charge >= 0.3 is 0 Å². The zero-order valence-corrected chi connectivity index (χ0v) is 12.6. The predicted octanol–water partition coefficient (Wildman–Crippen LogP) is 4.40. The van der Waals surface area contributed by atoms with Crippen LogP contribution in [-0.4, -0.2) is 9.55 Å². The fourth-order valence-electron chi connectivity index (χ4n) is 3.00. The molecule has 0 N–H and O–H groups in total. The van der Waals surface area contributed by atoms with Gasteiger partial charge in [-0.05, 0) is 43.4 Å². The molecular weight excluding hydrogens is 270 g/mol. The van der Waals surface area contributed by atoms with E-state index in [0.29, 0.717) is 11.0 Å². The van der Waals surface area contributed by atoms with E-state index in [4.69, 9.17) is 16.9 Å². The van der Waals surface area contributed by atoms with Gasteiger partial charge in [-0.1, -0.05) is 13.3 Å². The molecular formula is C16H18ClN3. The largest absolute Gasteiger partial charge is 0.326 e. The average Bonchev–Trinajstić information content (AvgIpc) is 2.75. The Morgan fingerprint density at radius 3 is 2.80 bits per heavy atom. The fourth-order valence-corrected chi connectivity index (χ4v) is 3.17. The van der Waals surface area contributed by atoms with Crippen LogP contribution < -0.4 is 0 Å². The molecule has 1 heterocycles. The van der Waals surface area contributed by atoms with Crippen LogP contribution in [0.4, 0.5) is 0 Å². The molecule has 1 aromatic carbocycles. The van der Waals surface area contributed by atoms with Gasteiger partial charge in [-0.15, -0.1) is 11.6 Å². The Labute approximate surface area is 124 Å². The molecule has 1 aliphatic carbocycles. The van der Waals surface area contributed by atoms with Crippen LogP contribution in [-0.2, 0) is 6.54 Å². The van der Waals surface area contributed by atoms with Gasteiger partial charge in [-0.3, -0.25) is 0 Å². The number of fused-ring (bicyclic) bond motifs is 1. The summed E-state index contributed by atoms with van der Waals surface area (Å²) in [6.45, 7) is 5.21. The zero-order chi connectivity index (χ0) is 14.3. The van der Waals surface area contributed by atoms with Gasteiger partial charge in [0.1, 0.15) is 5.82 Å². The Hall–Kier alpha value is -1.53. The lowest BCUT2D eigenvalue weighted by Crippen LogP contribution is -2.31. The van der Waals surface area contributed by atoms with Crippen molar-refractivity contribution in [2.75, 3.05) is 0 Å². The van der Waals surface area contributed by atoms with E-state index >= 15 is 0 Å². The zero-order valence-electron chi connectivity index (χ0n) is 11.9. The third kappa shape index (κ3) is 2.19. The Balaban J connectivity index is 2.14. The normalized spacial score (nSPS) is 18.5. The number of imidazole rings is 1. The smallest absolute Gasteiger partial charge is 0.127 e. The molecule has 104 valence electrons. The van der Waals surface area contributed by atoms with Crippen molar-refractivity contribution in [3.63, 3.8) is 0 Å². The lowest BCUT2D eigenvalue weighted by molar-refractivity contribution is 0.132. The van der Waals surface area contributed by atoms with Crippen molar-refractivity contribution in [1.82, 2.24) is 9.55 Å². The summed E-state index contributed by atoms with van der Waals surface area (Å²) < 4.78 is 2.22. The van der Waals surface area contributed by atoms with Crippen LogP contribution in [0, 0.1) is 16.7 Å². The van der Waals surface area contributed by atoms with Gasteiger partial charge in [0.2, 0.25) is 0 Å². The van der Waals surface area contributed by atoms with Crippen molar-refractivity contribution in [3.8, 4) is 6.07 Å². The molecule has 0 amide bonds. The highest BCUT2D eigenvalue weighted by molar-refractivity contribution is 6.20. The van der Waals surface area contributed by atoms with Crippen molar-refractivity contribution >= 4 is 22.6 Å². The molecule has 3 rings (SSSR count). The first-order valence-electron chi connectivity index (χ1n) is 7.07. The Morgan fingerprint density at radius 2 is 2.25 bits per heavy atom. The number of halogens is 1. The van der Waals surface area contributed by atoms with Crippen LogP contribution in [0.2, 0.25) is 0 Å². The standard InChI is InChI=1S/C16H18ClN3/c1-11(17)15-19-13-5-4-12(9-18)8-14(13)20(15)10-16(2)6-3-7-16/h4-5,8,11H,3,6-7,10H2,1-2H3. The van der Waals surface area contributed by atoms with Gasteiger partial charge in [-0.2, -0.15) is 5.26 Å². The molecule has 0 aliphatic heterocycles. The van der Waals surface area contributed by atoms with Crippen LogP contribution in [0.1, 0.15) is 49.9 Å². The van der Waals surface area contributed by atoms with E-state index in [1.54, 1.807) is 0 Å². The minimum Gasteiger partial charge on any atom is -0.326 e. The topological polar surface area (TPSA) is 41.6 Å². The van der Waals surface area contributed by atoms with E-state index in [-0.39, 0.29) is 5.38 Å². The summed E-state index contributed by atoms with van der Waals surface area (Å²) in [5.74, 6) is 0.907. The van der Waals surface area contributed by atoms with Crippen LogP contribution in [0.5, 0.6) is 0 Å². The van der Waals surface area contributed by atoms with Gasteiger partial charge < -0.3 is 4.57 Å². The van der Waals surface area contributed by atoms with Crippen molar-refractivity contribution in [3.05, 3.63) is 29.6 Å². The van der Waals surface area contributed by atoms with Gasteiger partial charge in [-0.25, -0.2) is 4.98 Å². The summed E-state index contributed by atoms with van der Waals surface area (Å²) in [5.41, 5.74) is 2.97. The second kappa shape index (κ2) is 4.79. The summed E-state index contributed by atoms with van der Waals surface area (Å²) in [6, 6.07) is 7.85. The summed E-state index contributed by atoms with van der Waals surface area (Å²) in [4.78, 5) is 4.65.